The largest absolute Gasteiger partial charge is 0.305 e. The molecule has 2 aromatic rings. The third kappa shape index (κ3) is 2.80. The van der Waals surface area contributed by atoms with E-state index in [2.05, 4.69) is 42.1 Å². The van der Waals surface area contributed by atoms with Gasteiger partial charge >= 0.3 is 0 Å². The minimum absolute atomic E-state index is 0.666. The molecule has 1 unspecified atom stereocenters. The molecule has 1 atom stereocenters. The van der Waals surface area contributed by atoms with Crippen molar-refractivity contribution in [1.82, 2.24) is 14.8 Å². The van der Waals surface area contributed by atoms with Crippen LogP contribution in [0.4, 0.5) is 0 Å². The van der Waals surface area contributed by atoms with E-state index in [9.17, 15) is 0 Å². The number of likely N-dealkylation sites (N-methyl/N-ethyl adjacent to an activating group) is 1. The monoisotopic (exact) mass is 289 g/mol. The molecule has 0 amide bonds. The maximum absolute atomic E-state index is 6.23. The fourth-order valence-corrected chi connectivity index (χ4v) is 3.07. The lowest BCUT2D eigenvalue weighted by atomic mass is 10.2. The van der Waals surface area contributed by atoms with Crippen LogP contribution in [-0.4, -0.2) is 48.0 Å². The number of fused-ring (bicyclic) bond motifs is 1. The predicted molar refractivity (Wildman–Crippen MR) is 84.1 cm³/mol. The highest BCUT2D eigenvalue weighted by molar-refractivity contribution is 6.35. The summed E-state index contributed by atoms with van der Waals surface area (Å²) >= 11 is 6.23. The van der Waals surface area contributed by atoms with Crippen molar-refractivity contribution in [2.75, 3.05) is 27.2 Å². The standard InChI is InChI=1S/C16H20ClN3/c1-19(2)14-8-9-20(11-14)10-13-7-6-12-4-3-5-15(17)16(12)18-13/h3-7,14H,8-11H2,1-2H3. The van der Waals surface area contributed by atoms with Gasteiger partial charge in [0.15, 0.2) is 0 Å². The summed E-state index contributed by atoms with van der Waals surface area (Å²) < 4.78 is 0. The van der Waals surface area contributed by atoms with Crippen LogP contribution in [0.25, 0.3) is 10.9 Å². The molecule has 2 heterocycles. The molecule has 1 aliphatic rings. The van der Waals surface area contributed by atoms with Gasteiger partial charge in [0.05, 0.1) is 16.2 Å². The van der Waals surface area contributed by atoms with Crippen LogP contribution in [0.1, 0.15) is 12.1 Å². The number of hydrogen-bond donors (Lipinski definition) is 0. The fourth-order valence-electron chi connectivity index (χ4n) is 2.85. The second kappa shape index (κ2) is 5.68. The summed E-state index contributed by atoms with van der Waals surface area (Å²) in [6.45, 7) is 3.17. The van der Waals surface area contributed by atoms with Crippen LogP contribution in [0, 0.1) is 0 Å². The Kier molecular flexibility index (Phi) is 3.92. The van der Waals surface area contributed by atoms with Crippen molar-refractivity contribution in [3.63, 3.8) is 0 Å². The minimum Gasteiger partial charge on any atom is -0.305 e. The molecular weight excluding hydrogens is 270 g/mol. The first kappa shape index (κ1) is 13.8. The second-order valence-electron chi connectivity index (χ2n) is 5.76. The number of para-hydroxylation sites is 1. The van der Waals surface area contributed by atoms with E-state index in [0.717, 1.165) is 41.3 Å². The maximum Gasteiger partial charge on any atom is 0.0891 e. The van der Waals surface area contributed by atoms with E-state index in [4.69, 9.17) is 16.6 Å². The van der Waals surface area contributed by atoms with Crippen LogP contribution in [0.15, 0.2) is 30.3 Å². The minimum atomic E-state index is 0.666. The molecule has 0 saturated carbocycles. The summed E-state index contributed by atoms with van der Waals surface area (Å²) in [5.41, 5.74) is 2.01. The van der Waals surface area contributed by atoms with E-state index in [-0.39, 0.29) is 0 Å². The number of likely N-dealkylation sites (tertiary alicyclic amines) is 1. The van der Waals surface area contributed by atoms with E-state index in [1.807, 2.05) is 12.1 Å². The molecule has 1 aliphatic heterocycles. The Bertz CT molecular complexity index is 612. The molecular formula is C16H20ClN3. The Morgan fingerprint density at radius 1 is 1.30 bits per heavy atom. The average molecular weight is 290 g/mol. The van der Waals surface area contributed by atoms with Crippen LogP contribution < -0.4 is 0 Å². The average Bonchev–Trinajstić information content (AvgIpc) is 2.88. The quantitative estimate of drug-likeness (QED) is 0.866. The molecule has 1 fully saturated rings. The first-order valence-electron chi connectivity index (χ1n) is 7.06. The number of nitrogens with zero attached hydrogens (tertiary/aromatic N) is 3. The second-order valence-corrected chi connectivity index (χ2v) is 6.16. The van der Waals surface area contributed by atoms with Crippen molar-refractivity contribution in [3.8, 4) is 0 Å². The van der Waals surface area contributed by atoms with Gasteiger partial charge in [-0.2, -0.15) is 0 Å². The summed E-state index contributed by atoms with van der Waals surface area (Å²) in [5.74, 6) is 0. The van der Waals surface area contributed by atoms with Crippen molar-refractivity contribution in [3.05, 3.63) is 41.0 Å². The number of benzene rings is 1. The fraction of sp³-hybridized carbons (Fsp3) is 0.438. The van der Waals surface area contributed by atoms with Gasteiger partial charge in [0.25, 0.3) is 0 Å². The van der Waals surface area contributed by atoms with Crippen molar-refractivity contribution >= 4 is 22.5 Å². The van der Waals surface area contributed by atoms with Gasteiger partial charge in [0, 0.05) is 31.1 Å². The zero-order chi connectivity index (χ0) is 14.1. The van der Waals surface area contributed by atoms with E-state index < -0.39 is 0 Å². The van der Waals surface area contributed by atoms with E-state index in [1.165, 1.54) is 6.42 Å². The van der Waals surface area contributed by atoms with Crippen molar-refractivity contribution in [2.24, 2.45) is 0 Å². The van der Waals surface area contributed by atoms with Gasteiger partial charge in [-0.3, -0.25) is 4.90 Å². The molecule has 20 heavy (non-hydrogen) atoms. The molecule has 0 radical (unpaired) electrons. The van der Waals surface area contributed by atoms with E-state index in [1.54, 1.807) is 0 Å². The predicted octanol–water partition coefficient (Wildman–Crippen LogP) is 3.02. The molecule has 0 N–H and O–H groups in total. The van der Waals surface area contributed by atoms with Crippen LogP contribution in [0.2, 0.25) is 5.02 Å². The molecule has 0 aliphatic carbocycles. The molecule has 0 bridgehead atoms. The maximum atomic E-state index is 6.23. The van der Waals surface area contributed by atoms with Crippen molar-refractivity contribution in [1.29, 1.82) is 0 Å². The lowest BCUT2D eigenvalue weighted by Crippen LogP contribution is -2.31. The van der Waals surface area contributed by atoms with Crippen LogP contribution >= 0.6 is 11.6 Å². The van der Waals surface area contributed by atoms with Gasteiger partial charge in [-0.25, -0.2) is 4.98 Å². The number of halogens is 1. The summed E-state index contributed by atoms with van der Waals surface area (Å²) in [6, 6.07) is 10.8. The summed E-state index contributed by atoms with van der Waals surface area (Å²) in [7, 11) is 4.31. The number of aromatic nitrogens is 1. The summed E-state index contributed by atoms with van der Waals surface area (Å²) in [5, 5.41) is 1.84. The van der Waals surface area contributed by atoms with Crippen LogP contribution in [0.5, 0.6) is 0 Å². The van der Waals surface area contributed by atoms with E-state index >= 15 is 0 Å². The van der Waals surface area contributed by atoms with E-state index in [0.29, 0.717) is 6.04 Å². The SMILES string of the molecule is CN(C)C1CCN(Cc2ccc3cccc(Cl)c3n2)C1. The van der Waals surface area contributed by atoms with Gasteiger partial charge in [0.1, 0.15) is 0 Å². The van der Waals surface area contributed by atoms with Crippen LogP contribution in [-0.2, 0) is 6.54 Å². The number of hydrogen-bond acceptors (Lipinski definition) is 3. The molecule has 3 rings (SSSR count). The Morgan fingerprint density at radius 2 is 2.15 bits per heavy atom. The normalized spacial score (nSPS) is 20.1. The Balaban J connectivity index is 1.77. The van der Waals surface area contributed by atoms with Crippen molar-refractivity contribution in [2.45, 2.75) is 19.0 Å². The third-order valence-electron chi connectivity index (χ3n) is 4.09. The lowest BCUT2D eigenvalue weighted by molar-refractivity contribution is 0.263. The topological polar surface area (TPSA) is 19.4 Å². The molecule has 1 saturated heterocycles. The lowest BCUT2D eigenvalue weighted by Gasteiger charge is -2.20. The number of rotatable bonds is 3. The van der Waals surface area contributed by atoms with Gasteiger partial charge < -0.3 is 4.90 Å². The van der Waals surface area contributed by atoms with Crippen molar-refractivity contribution < 1.29 is 0 Å². The molecule has 0 spiro atoms. The Labute approximate surface area is 125 Å². The molecule has 3 nitrogen and oxygen atoms in total. The zero-order valence-electron chi connectivity index (χ0n) is 12.0. The first-order chi connectivity index (χ1) is 9.63. The highest BCUT2D eigenvalue weighted by Gasteiger charge is 2.24. The molecule has 4 heteroatoms. The zero-order valence-corrected chi connectivity index (χ0v) is 12.8. The van der Waals surface area contributed by atoms with Gasteiger partial charge in [0.2, 0.25) is 0 Å². The third-order valence-corrected chi connectivity index (χ3v) is 4.40. The first-order valence-corrected chi connectivity index (χ1v) is 7.44. The number of pyridine rings is 1. The molecule has 106 valence electrons. The van der Waals surface area contributed by atoms with Gasteiger partial charge in [-0.15, -0.1) is 0 Å². The van der Waals surface area contributed by atoms with Gasteiger partial charge in [-0.1, -0.05) is 29.8 Å². The smallest absolute Gasteiger partial charge is 0.0891 e. The highest BCUT2D eigenvalue weighted by Crippen LogP contribution is 2.22. The molecule has 1 aromatic carbocycles. The van der Waals surface area contributed by atoms with Gasteiger partial charge in [-0.05, 0) is 32.6 Å². The molecule has 1 aromatic heterocycles. The summed E-state index contributed by atoms with van der Waals surface area (Å²) in [6.07, 6.45) is 1.24. The Hall–Kier alpha value is -1.16. The highest BCUT2D eigenvalue weighted by atomic mass is 35.5. The summed E-state index contributed by atoms with van der Waals surface area (Å²) in [4.78, 5) is 9.50. The van der Waals surface area contributed by atoms with Crippen LogP contribution in [0.3, 0.4) is 0 Å². The Morgan fingerprint density at radius 3 is 2.90 bits per heavy atom.